The van der Waals surface area contributed by atoms with Crippen LogP contribution in [0.15, 0.2) is 72.6 Å². The molecule has 1 aliphatic rings. The number of hydrogen-bond acceptors (Lipinski definition) is 6. The van der Waals surface area contributed by atoms with Crippen molar-refractivity contribution >= 4 is 23.1 Å². The molecule has 1 amide bonds. The minimum absolute atomic E-state index is 0.0834. The van der Waals surface area contributed by atoms with E-state index in [0.29, 0.717) is 29.4 Å². The maximum atomic E-state index is 13.2. The summed E-state index contributed by atoms with van der Waals surface area (Å²) in [5.74, 6) is -1.30. The molecule has 0 radical (unpaired) electrons. The zero-order chi connectivity index (χ0) is 24.4. The molecule has 2 aromatic carbocycles. The second-order valence-electron chi connectivity index (χ2n) is 8.68. The highest BCUT2D eigenvalue weighted by molar-refractivity contribution is 6.51. The van der Waals surface area contributed by atoms with E-state index in [1.54, 1.807) is 54.7 Å². The fraction of sp³-hybridized carbons (Fsp3) is 0.222. The van der Waals surface area contributed by atoms with E-state index in [2.05, 4.69) is 4.98 Å². The molecule has 4 rings (SSSR count). The molecular formula is C27H26N2O5. The topological polar surface area (TPSA) is 100.0 Å². The summed E-state index contributed by atoms with van der Waals surface area (Å²) in [7, 11) is 0. The number of aromatic nitrogens is 1. The lowest BCUT2D eigenvalue weighted by Crippen LogP contribution is -2.29. The van der Waals surface area contributed by atoms with Gasteiger partial charge in [0.05, 0.1) is 23.9 Å². The number of pyridine rings is 1. The van der Waals surface area contributed by atoms with Crippen LogP contribution in [0.2, 0.25) is 0 Å². The summed E-state index contributed by atoms with van der Waals surface area (Å²) in [6, 6.07) is 14.0. The molecule has 3 aromatic rings. The predicted octanol–water partition coefficient (Wildman–Crippen LogP) is 4.76. The maximum Gasteiger partial charge on any atom is 0.300 e. The van der Waals surface area contributed by atoms with E-state index >= 15 is 0 Å². The number of aromatic hydroxyl groups is 1. The number of phenolic OH excluding ortho intramolecular Hbond substituents is 1. The maximum absolute atomic E-state index is 13.2. The first-order chi connectivity index (χ1) is 16.3. The Morgan fingerprint density at radius 1 is 1.12 bits per heavy atom. The van der Waals surface area contributed by atoms with E-state index in [1.807, 2.05) is 20.8 Å². The van der Waals surface area contributed by atoms with Crippen LogP contribution in [0.4, 0.5) is 5.69 Å². The van der Waals surface area contributed by atoms with Crippen LogP contribution in [-0.4, -0.2) is 33.5 Å². The van der Waals surface area contributed by atoms with E-state index in [9.17, 15) is 19.8 Å². The van der Waals surface area contributed by atoms with Gasteiger partial charge in [-0.15, -0.1) is 0 Å². The van der Waals surface area contributed by atoms with Crippen molar-refractivity contribution in [1.82, 2.24) is 4.98 Å². The van der Waals surface area contributed by atoms with Crippen LogP contribution in [0.25, 0.3) is 5.76 Å². The molecule has 34 heavy (non-hydrogen) atoms. The molecule has 2 heterocycles. The molecule has 7 heteroatoms. The van der Waals surface area contributed by atoms with Crippen molar-refractivity contribution in [2.75, 3.05) is 11.5 Å². The number of phenols is 1. The lowest BCUT2D eigenvalue weighted by Gasteiger charge is -2.26. The van der Waals surface area contributed by atoms with Crippen molar-refractivity contribution in [3.63, 3.8) is 0 Å². The van der Waals surface area contributed by atoms with Crippen molar-refractivity contribution in [2.24, 2.45) is 5.92 Å². The zero-order valence-corrected chi connectivity index (χ0v) is 19.2. The monoisotopic (exact) mass is 458 g/mol. The number of aryl methyl sites for hydroxylation is 1. The Bertz CT molecular complexity index is 1270. The first-order valence-electron chi connectivity index (χ1n) is 11.0. The second kappa shape index (κ2) is 9.39. The van der Waals surface area contributed by atoms with Crippen LogP contribution < -0.4 is 9.64 Å². The number of rotatable bonds is 6. The molecule has 7 nitrogen and oxygen atoms in total. The molecule has 1 fully saturated rings. The number of benzene rings is 2. The van der Waals surface area contributed by atoms with Crippen LogP contribution in [0, 0.1) is 12.8 Å². The molecule has 0 bridgehead atoms. The molecule has 1 atom stereocenters. The average molecular weight is 459 g/mol. The highest BCUT2D eigenvalue weighted by Gasteiger charge is 2.47. The SMILES string of the molecule is Cc1ccc(O)c(N2C(=O)C(=O)/C(=C(/O)c3cccc(OCC(C)C)c3)C2c2cccnc2)c1. The number of aliphatic hydroxyl groups excluding tert-OH is 1. The van der Waals surface area contributed by atoms with Crippen LogP contribution in [-0.2, 0) is 9.59 Å². The molecule has 174 valence electrons. The number of ether oxygens (including phenoxy) is 1. The summed E-state index contributed by atoms with van der Waals surface area (Å²) in [5.41, 5.74) is 1.77. The molecule has 1 saturated heterocycles. The summed E-state index contributed by atoms with van der Waals surface area (Å²) in [5, 5.41) is 21.8. The minimum Gasteiger partial charge on any atom is -0.507 e. The third kappa shape index (κ3) is 4.37. The van der Waals surface area contributed by atoms with Crippen molar-refractivity contribution in [3.05, 3.63) is 89.3 Å². The Kier molecular flexibility index (Phi) is 6.36. The number of aliphatic hydroxyl groups is 1. The number of nitrogens with zero attached hydrogens (tertiary/aromatic N) is 2. The summed E-state index contributed by atoms with van der Waals surface area (Å²) < 4.78 is 5.76. The predicted molar refractivity (Wildman–Crippen MR) is 129 cm³/mol. The summed E-state index contributed by atoms with van der Waals surface area (Å²) in [4.78, 5) is 31.8. The van der Waals surface area contributed by atoms with Crippen molar-refractivity contribution in [1.29, 1.82) is 0 Å². The molecule has 1 aromatic heterocycles. The van der Waals surface area contributed by atoms with E-state index in [1.165, 1.54) is 17.2 Å². The van der Waals surface area contributed by atoms with Crippen LogP contribution >= 0.6 is 0 Å². The summed E-state index contributed by atoms with van der Waals surface area (Å²) >= 11 is 0. The number of carbonyl (C=O) groups excluding carboxylic acids is 2. The van der Waals surface area contributed by atoms with E-state index < -0.39 is 17.7 Å². The lowest BCUT2D eigenvalue weighted by molar-refractivity contribution is -0.132. The van der Waals surface area contributed by atoms with Crippen LogP contribution in [0.3, 0.4) is 0 Å². The van der Waals surface area contributed by atoms with Gasteiger partial charge in [0.2, 0.25) is 0 Å². The van der Waals surface area contributed by atoms with Gasteiger partial charge in [-0.1, -0.05) is 38.1 Å². The standard InChI is InChI=1S/C27H26N2O5/c1-16(2)15-34-20-8-4-6-18(13-20)25(31)23-24(19-7-5-11-28-14-19)29(27(33)26(23)32)21-12-17(3)9-10-22(21)30/h4-14,16,24,30-31H,15H2,1-3H3/b25-23+. The van der Waals surface area contributed by atoms with E-state index in [-0.39, 0.29) is 22.8 Å². The van der Waals surface area contributed by atoms with Gasteiger partial charge in [-0.3, -0.25) is 19.5 Å². The van der Waals surface area contributed by atoms with Gasteiger partial charge in [-0.2, -0.15) is 0 Å². The van der Waals surface area contributed by atoms with Crippen molar-refractivity contribution in [2.45, 2.75) is 26.8 Å². The Balaban J connectivity index is 1.88. The number of amides is 1. The summed E-state index contributed by atoms with van der Waals surface area (Å²) in [6.07, 6.45) is 3.11. The number of anilines is 1. The fourth-order valence-corrected chi connectivity index (χ4v) is 3.91. The molecule has 0 spiro atoms. The third-order valence-corrected chi connectivity index (χ3v) is 5.53. The van der Waals surface area contributed by atoms with Gasteiger partial charge in [-0.25, -0.2) is 0 Å². The van der Waals surface area contributed by atoms with Gasteiger partial charge in [0.15, 0.2) is 0 Å². The molecule has 0 aliphatic carbocycles. The van der Waals surface area contributed by atoms with Gasteiger partial charge < -0.3 is 14.9 Å². The Morgan fingerprint density at radius 2 is 1.91 bits per heavy atom. The van der Waals surface area contributed by atoms with Gasteiger partial charge in [0.1, 0.15) is 17.3 Å². The molecule has 1 aliphatic heterocycles. The number of carbonyl (C=O) groups is 2. The first kappa shape index (κ1) is 23.0. The number of ketones is 1. The Morgan fingerprint density at radius 3 is 2.62 bits per heavy atom. The third-order valence-electron chi connectivity index (χ3n) is 5.53. The highest BCUT2D eigenvalue weighted by atomic mass is 16.5. The smallest absolute Gasteiger partial charge is 0.300 e. The highest BCUT2D eigenvalue weighted by Crippen LogP contribution is 2.44. The molecule has 0 saturated carbocycles. The van der Waals surface area contributed by atoms with E-state index in [4.69, 9.17) is 4.74 Å². The first-order valence-corrected chi connectivity index (χ1v) is 11.0. The quantitative estimate of drug-likeness (QED) is 0.314. The average Bonchev–Trinajstić information content (AvgIpc) is 3.10. The normalized spacial score (nSPS) is 17.4. The summed E-state index contributed by atoms with van der Waals surface area (Å²) in [6.45, 7) is 6.37. The Labute approximate surface area is 198 Å². The Hall–Kier alpha value is -4.13. The van der Waals surface area contributed by atoms with Crippen LogP contribution in [0.1, 0.15) is 36.6 Å². The molecular weight excluding hydrogens is 432 g/mol. The van der Waals surface area contributed by atoms with E-state index in [0.717, 1.165) is 5.56 Å². The minimum atomic E-state index is -0.971. The van der Waals surface area contributed by atoms with Gasteiger partial charge in [0, 0.05) is 18.0 Å². The van der Waals surface area contributed by atoms with Crippen LogP contribution in [0.5, 0.6) is 11.5 Å². The number of Topliss-reactive ketones (excluding diaryl/α,β-unsaturated/α-hetero) is 1. The number of hydrogen-bond donors (Lipinski definition) is 2. The van der Waals surface area contributed by atoms with Gasteiger partial charge in [0.25, 0.3) is 11.7 Å². The zero-order valence-electron chi connectivity index (χ0n) is 19.2. The molecule has 2 N–H and O–H groups in total. The van der Waals surface area contributed by atoms with Crippen molar-refractivity contribution in [3.8, 4) is 11.5 Å². The van der Waals surface area contributed by atoms with Gasteiger partial charge in [-0.05, 0) is 54.3 Å². The lowest BCUT2D eigenvalue weighted by atomic mass is 9.96. The van der Waals surface area contributed by atoms with Gasteiger partial charge >= 0.3 is 0 Å². The fourth-order valence-electron chi connectivity index (χ4n) is 3.91. The van der Waals surface area contributed by atoms with Crippen molar-refractivity contribution < 1.29 is 24.5 Å². The second-order valence-corrected chi connectivity index (χ2v) is 8.68. The largest absolute Gasteiger partial charge is 0.507 e. The molecule has 1 unspecified atom stereocenters.